The lowest BCUT2D eigenvalue weighted by Crippen LogP contribution is -2.03. The summed E-state index contributed by atoms with van der Waals surface area (Å²) in [5.74, 6) is 2.15. The topological polar surface area (TPSA) is 66.5 Å². The Morgan fingerprint density at radius 2 is 2.12 bits per heavy atom. The Morgan fingerprint density at radius 3 is 2.88 bits per heavy atom. The average molecular weight is 227 g/mol. The zero-order chi connectivity index (χ0) is 11.2. The van der Waals surface area contributed by atoms with Gasteiger partial charge >= 0.3 is 0 Å². The van der Waals surface area contributed by atoms with Crippen LogP contribution >= 0.6 is 0 Å². The number of imidazole rings is 1. The molecule has 5 heteroatoms. The van der Waals surface area contributed by atoms with Gasteiger partial charge in [0.05, 0.1) is 11.4 Å². The predicted molar refractivity (Wildman–Crippen MR) is 62.1 cm³/mol. The highest BCUT2D eigenvalue weighted by Crippen LogP contribution is 2.42. The molecule has 0 spiro atoms. The van der Waals surface area contributed by atoms with Crippen LogP contribution in [0.3, 0.4) is 0 Å². The van der Waals surface area contributed by atoms with E-state index in [0.717, 1.165) is 30.4 Å². The van der Waals surface area contributed by atoms with Crippen molar-refractivity contribution in [2.75, 3.05) is 0 Å². The van der Waals surface area contributed by atoms with Crippen LogP contribution in [0, 0.1) is 0 Å². The number of hydrogen-bond acceptors (Lipinski definition) is 4. The Kier molecular flexibility index (Phi) is 1.84. The Bertz CT molecular complexity index is 557. The summed E-state index contributed by atoms with van der Waals surface area (Å²) in [4.78, 5) is 16.6. The highest BCUT2D eigenvalue weighted by Gasteiger charge is 2.31. The normalized spacial score (nSPS) is 18.4. The van der Waals surface area contributed by atoms with E-state index in [4.69, 9.17) is 4.98 Å². The van der Waals surface area contributed by atoms with E-state index >= 15 is 0 Å². The molecule has 86 valence electrons. The van der Waals surface area contributed by atoms with Gasteiger partial charge in [0.15, 0.2) is 11.6 Å². The highest BCUT2D eigenvalue weighted by molar-refractivity contribution is 5.47. The second-order valence-electron chi connectivity index (χ2n) is 4.67. The van der Waals surface area contributed by atoms with Crippen LogP contribution in [0.2, 0.25) is 0 Å². The van der Waals surface area contributed by atoms with Crippen molar-refractivity contribution in [1.29, 1.82) is 0 Å². The number of nitrogens with zero attached hydrogens (tertiary/aromatic N) is 3. The van der Waals surface area contributed by atoms with E-state index in [9.17, 15) is 0 Å². The molecule has 5 nitrogen and oxygen atoms in total. The molecule has 4 rings (SSSR count). The summed E-state index contributed by atoms with van der Waals surface area (Å²) in [5.41, 5.74) is 3.71. The van der Waals surface area contributed by atoms with Crippen molar-refractivity contribution in [3.8, 4) is 11.6 Å². The number of aromatic amines is 1. The third kappa shape index (κ3) is 1.46. The molecule has 0 atom stereocenters. The van der Waals surface area contributed by atoms with E-state index in [2.05, 4.69) is 20.3 Å². The maximum atomic E-state index is 4.70. The lowest BCUT2D eigenvalue weighted by atomic mass is 10.1. The highest BCUT2D eigenvalue weighted by atomic mass is 15.0. The zero-order valence-corrected chi connectivity index (χ0v) is 9.40. The summed E-state index contributed by atoms with van der Waals surface area (Å²) in [6, 6.07) is 0. The van der Waals surface area contributed by atoms with Gasteiger partial charge < -0.3 is 10.3 Å². The molecule has 0 saturated heterocycles. The van der Waals surface area contributed by atoms with Crippen molar-refractivity contribution in [2.45, 2.75) is 31.8 Å². The van der Waals surface area contributed by atoms with Gasteiger partial charge in [0, 0.05) is 37.0 Å². The van der Waals surface area contributed by atoms with Crippen LogP contribution in [0.4, 0.5) is 0 Å². The number of H-pyrrole nitrogens is 1. The molecule has 0 amide bonds. The summed E-state index contributed by atoms with van der Waals surface area (Å²) in [6.07, 6.45) is 6.07. The third-order valence-electron chi connectivity index (χ3n) is 3.39. The Morgan fingerprint density at radius 1 is 1.18 bits per heavy atom. The van der Waals surface area contributed by atoms with Gasteiger partial charge in [0.1, 0.15) is 0 Å². The molecule has 2 aliphatic rings. The minimum atomic E-state index is 0.653. The van der Waals surface area contributed by atoms with Crippen LogP contribution < -0.4 is 5.32 Å². The standard InChI is InChI=1S/C12H13N5/c1-2-7(1)10-8-5-13-6-9(8)16-12(17-10)11-14-3-4-15-11/h3-4,7,13H,1-2,5-6H2,(H,14,15). The second kappa shape index (κ2) is 3.37. The first kappa shape index (κ1) is 9.30. The van der Waals surface area contributed by atoms with Gasteiger partial charge in [-0.3, -0.25) is 0 Å². The summed E-state index contributed by atoms with van der Waals surface area (Å²) >= 11 is 0. The van der Waals surface area contributed by atoms with Crippen molar-refractivity contribution in [3.05, 3.63) is 29.3 Å². The lowest BCUT2D eigenvalue weighted by molar-refractivity contribution is 0.755. The first-order chi connectivity index (χ1) is 8.42. The fourth-order valence-corrected chi connectivity index (χ4v) is 2.38. The van der Waals surface area contributed by atoms with Crippen molar-refractivity contribution in [3.63, 3.8) is 0 Å². The van der Waals surface area contributed by atoms with Crippen LogP contribution in [0.15, 0.2) is 12.4 Å². The molecule has 17 heavy (non-hydrogen) atoms. The molecule has 3 heterocycles. The second-order valence-corrected chi connectivity index (χ2v) is 4.67. The SMILES string of the molecule is c1c[nH]c(-c2nc3c(c(C4CC4)n2)CNC3)n1. The molecule has 0 radical (unpaired) electrons. The van der Waals surface area contributed by atoms with Gasteiger partial charge in [-0.15, -0.1) is 0 Å². The van der Waals surface area contributed by atoms with Crippen LogP contribution in [-0.4, -0.2) is 19.9 Å². The molecule has 1 aliphatic heterocycles. The number of rotatable bonds is 2. The van der Waals surface area contributed by atoms with E-state index in [-0.39, 0.29) is 0 Å². The Balaban J connectivity index is 1.89. The first-order valence-corrected chi connectivity index (χ1v) is 6.02. The van der Waals surface area contributed by atoms with Crippen LogP contribution in [0.5, 0.6) is 0 Å². The first-order valence-electron chi connectivity index (χ1n) is 6.02. The zero-order valence-electron chi connectivity index (χ0n) is 9.40. The molecular formula is C12H13N5. The average Bonchev–Trinajstić information content (AvgIpc) is 2.88. The minimum Gasteiger partial charge on any atom is -0.342 e. The number of fused-ring (bicyclic) bond motifs is 1. The Labute approximate surface area is 98.7 Å². The fourth-order valence-electron chi connectivity index (χ4n) is 2.38. The van der Waals surface area contributed by atoms with Gasteiger partial charge in [-0.05, 0) is 12.8 Å². The molecule has 1 saturated carbocycles. The molecule has 1 fully saturated rings. The van der Waals surface area contributed by atoms with Gasteiger partial charge in [0.25, 0.3) is 0 Å². The number of aromatic nitrogens is 4. The number of nitrogens with one attached hydrogen (secondary N) is 2. The maximum absolute atomic E-state index is 4.70. The molecule has 1 aliphatic carbocycles. The largest absolute Gasteiger partial charge is 0.342 e. The molecule has 0 aromatic carbocycles. The molecular weight excluding hydrogens is 214 g/mol. The van der Waals surface area contributed by atoms with E-state index in [1.807, 2.05) is 0 Å². The molecule has 2 aromatic rings. The van der Waals surface area contributed by atoms with Crippen LogP contribution in [-0.2, 0) is 13.1 Å². The maximum Gasteiger partial charge on any atom is 0.196 e. The smallest absolute Gasteiger partial charge is 0.196 e. The lowest BCUT2D eigenvalue weighted by Gasteiger charge is -2.07. The van der Waals surface area contributed by atoms with Gasteiger partial charge in [0.2, 0.25) is 0 Å². The third-order valence-corrected chi connectivity index (χ3v) is 3.39. The summed E-state index contributed by atoms with van der Waals surface area (Å²) in [6.45, 7) is 1.77. The van der Waals surface area contributed by atoms with Crippen molar-refractivity contribution < 1.29 is 0 Å². The summed E-state index contributed by atoms with van der Waals surface area (Å²) < 4.78 is 0. The van der Waals surface area contributed by atoms with Gasteiger partial charge in [-0.1, -0.05) is 0 Å². The van der Waals surface area contributed by atoms with Crippen LogP contribution in [0.25, 0.3) is 11.6 Å². The molecule has 2 aromatic heterocycles. The summed E-state index contributed by atoms with van der Waals surface area (Å²) in [7, 11) is 0. The monoisotopic (exact) mass is 227 g/mol. The van der Waals surface area contributed by atoms with Crippen molar-refractivity contribution in [2.24, 2.45) is 0 Å². The Hall–Kier alpha value is -1.75. The molecule has 2 N–H and O–H groups in total. The van der Waals surface area contributed by atoms with E-state index in [1.165, 1.54) is 24.1 Å². The molecule has 0 bridgehead atoms. The van der Waals surface area contributed by atoms with Crippen molar-refractivity contribution in [1.82, 2.24) is 25.3 Å². The van der Waals surface area contributed by atoms with E-state index in [0.29, 0.717) is 5.92 Å². The fraction of sp³-hybridized carbons (Fsp3) is 0.417. The molecule has 0 unspecified atom stereocenters. The van der Waals surface area contributed by atoms with Gasteiger partial charge in [-0.2, -0.15) is 0 Å². The quantitative estimate of drug-likeness (QED) is 0.812. The minimum absolute atomic E-state index is 0.653. The van der Waals surface area contributed by atoms with E-state index in [1.54, 1.807) is 12.4 Å². The van der Waals surface area contributed by atoms with Crippen LogP contribution in [0.1, 0.15) is 35.7 Å². The number of hydrogen-bond donors (Lipinski definition) is 2. The summed E-state index contributed by atoms with van der Waals surface area (Å²) in [5, 5.41) is 3.35. The van der Waals surface area contributed by atoms with Gasteiger partial charge in [-0.25, -0.2) is 15.0 Å². The van der Waals surface area contributed by atoms with E-state index < -0.39 is 0 Å². The van der Waals surface area contributed by atoms with Crippen molar-refractivity contribution >= 4 is 0 Å². The predicted octanol–water partition coefficient (Wildman–Crippen LogP) is 1.35.